The van der Waals surface area contributed by atoms with E-state index in [0.29, 0.717) is 5.56 Å². The molecule has 0 aliphatic carbocycles. The molecule has 0 saturated heterocycles. The van der Waals surface area contributed by atoms with E-state index in [9.17, 15) is 0 Å². The number of aromatic nitrogens is 1. The molecule has 0 unspecified atom stereocenters. The van der Waals surface area contributed by atoms with E-state index in [4.69, 9.17) is 5.26 Å². The van der Waals surface area contributed by atoms with E-state index in [1.165, 1.54) is 32.3 Å². The first-order valence-corrected chi connectivity index (χ1v) is 7.87. The smallest absolute Gasteiger partial charge is 0.0992 e. The summed E-state index contributed by atoms with van der Waals surface area (Å²) in [7, 11) is 0. The summed E-state index contributed by atoms with van der Waals surface area (Å²) in [6, 6.07) is 25.2. The molecule has 0 radical (unpaired) electrons. The molecule has 0 aliphatic heterocycles. The van der Waals surface area contributed by atoms with Crippen LogP contribution in [0.4, 0.5) is 0 Å². The summed E-state index contributed by atoms with van der Waals surface area (Å²) in [6.07, 6.45) is 1.69. The molecule has 2 nitrogen and oxygen atoms in total. The Balaban J connectivity index is 1.88. The Hall–Kier alpha value is -3.44. The lowest BCUT2D eigenvalue weighted by Crippen LogP contribution is -1.88. The molecule has 5 rings (SSSR count). The number of nitriles is 1. The fraction of sp³-hybridized carbons (Fsp3) is 0. The van der Waals surface area contributed by atoms with E-state index in [1.807, 2.05) is 6.07 Å². The number of hydrogen-bond donors (Lipinski definition) is 0. The summed E-state index contributed by atoms with van der Waals surface area (Å²) < 4.78 is 0. The number of pyridine rings is 1. The molecule has 0 aliphatic rings. The van der Waals surface area contributed by atoms with Crippen LogP contribution in [0.3, 0.4) is 0 Å². The number of rotatable bonds is 1. The predicted octanol–water partition coefficient (Wildman–Crippen LogP) is 5.52. The number of hydrogen-bond acceptors (Lipinski definition) is 2. The number of benzene rings is 4. The van der Waals surface area contributed by atoms with Gasteiger partial charge >= 0.3 is 0 Å². The lowest BCUT2D eigenvalue weighted by molar-refractivity contribution is 1.31. The molecular formula is C22H12N2. The molecular weight excluding hydrogens is 292 g/mol. The second kappa shape index (κ2) is 4.78. The summed E-state index contributed by atoms with van der Waals surface area (Å²) in [4.78, 5) is 4.44. The number of nitrogens with zero attached hydrogens (tertiary/aromatic N) is 2. The first-order valence-electron chi connectivity index (χ1n) is 7.87. The van der Waals surface area contributed by atoms with Crippen molar-refractivity contribution >= 4 is 32.3 Å². The van der Waals surface area contributed by atoms with E-state index >= 15 is 0 Å². The van der Waals surface area contributed by atoms with Crippen molar-refractivity contribution in [1.82, 2.24) is 4.98 Å². The van der Waals surface area contributed by atoms with Crippen LogP contribution >= 0.6 is 0 Å². The van der Waals surface area contributed by atoms with E-state index in [1.54, 1.807) is 12.3 Å². The molecule has 24 heavy (non-hydrogen) atoms. The quantitative estimate of drug-likeness (QED) is 0.382. The molecule has 0 fully saturated rings. The van der Waals surface area contributed by atoms with E-state index in [0.717, 1.165) is 11.3 Å². The molecule has 0 N–H and O–H groups in total. The van der Waals surface area contributed by atoms with Gasteiger partial charge in [0, 0.05) is 11.8 Å². The SMILES string of the molecule is N#Cc1ccnc(-c2cc3ccc4cccc5ccc(c2)c3c45)c1. The largest absolute Gasteiger partial charge is 0.256 e. The Morgan fingerprint density at radius 3 is 2.00 bits per heavy atom. The lowest BCUT2D eigenvalue weighted by Gasteiger charge is -2.12. The Morgan fingerprint density at radius 2 is 1.33 bits per heavy atom. The Morgan fingerprint density at radius 1 is 0.708 bits per heavy atom. The third kappa shape index (κ3) is 1.79. The Bertz CT molecular complexity index is 1200. The van der Waals surface area contributed by atoms with Crippen LogP contribution < -0.4 is 0 Å². The molecule has 2 heteroatoms. The summed E-state index contributed by atoms with van der Waals surface area (Å²) in [5.74, 6) is 0. The molecule has 5 aromatic rings. The van der Waals surface area contributed by atoms with Crippen molar-refractivity contribution in [3.63, 3.8) is 0 Å². The Labute approximate surface area is 138 Å². The first-order chi connectivity index (χ1) is 11.8. The van der Waals surface area contributed by atoms with Gasteiger partial charge in [-0.15, -0.1) is 0 Å². The van der Waals surface area contributed by atoms with Crippen LogP contribution in [0.25, 0.3) is 43.6 Å². The van der Waals surface area contributed by atoms with Gasteiger partial charge in [0.1, 0.15) is 0 Å². The third-order valence-corrected chi connectivity index (χ3v) is 4.65. The fourth-order valence-corrected chi connectivity index (χ4v) is 3.56. The topological polar surface area (TPSA) is 36.7 Å². The summed E-state index contributed by atoms with van der Waals surface area (Å²) in [6.45, 7) is 0. The molecule has 110 valence electrons. The van der Waals surface area contributed by atoms with Crippen molar-refractivity contribution in [3.8, 4) is 17.3 Å². The van der Waals surface area contributed by atoms with Crippen molar-refractivity contribution in [2.24, 2.45) is 0 Å². The standard InChI is InChI=1S/C22H12N2/c23-13-14-8-9-24-20(10-14)19-11-17-6-4-15-2-1-3-16-5-7-18(12-19)22(17)21(15)16/h1-12H. The van der Waals surface area contributed by atoms with Gasteiger partial charge in [-0.1, -0.05) is 42.5 Å². The molecule has 0 spiro atoms. The average molecular weight is 304 g/mol. The van der Waals surface area contributed by atoms with Crippen LogP contribution in [0.2, 0.25) is 0 Å². The second-order valence-corrected chi connectivity index (χ2v) is 6.05. The van der Waals surface area contributed by atoms with Gasteiger partial charge in [-0.2, -0.15) is 5.26 Å². The molecule has 0 bridgehead atoms. The maximum atomic E-state index is 9.12. The first kappa shape index (κ1) is 13.0. The van der Waals surface area contributed by atoms with Gasteiger partial charge in [0.05, 0.1) is 17.3 Å². The van der Waals surface area contributed by atoms with Gasteiger partial charge in [-0.05, 0) is 56.6 Å². The third-order valence-electron chi connectivity index (χ3n) is 4.65. The monoisotopic (exact) mass is 304 g/mol. The minimum Gasteiger partial charge on any atom is -0.256 e. The highest BCUT2D eigenvalue weighted by molar-refractivity contribution is 6.23. The van der Waals surface area contributed by atoms with Crippen LogP contribution in [-0.2, 0) is 0 Å². The highest BCUT2D eigenvalue weighted by Gasteiger charge is 2.10. The van der Waals surface area contributed by atoms with Crippen molar-refractivity contribution in [1.29, 1.82) is 5.26 Å². The van der Waals surface area contributed by atoms with Crippen LogP contribution in [0.15, 0.2) is 72.9 Å². The zero-order chi connectivity index (χ0) is 16.1. The predicted molar refractivity (Wildman–Crippen MR) is 98.1 cm³/mol. The van der Waals surface area contributed by atoms with E-state index < -0.39 is 0 Å². The average Bonchev–Trinajstić information content (AvgIpc) is 2.66. The van der Waals surface area contributed by atoms with Crippen LogP contribution in [0, 0.1) is 11.3 Å². The van der Waals surface area contributed by atoms with Gasteiger partial charge in [0.25, 0.3) is 0 Å². The zero-order valence-electron chi connectivity index (χ0n) is 12.8. The normalized spacial score (nSPS) is 11.3. The highest BCUT2D eigenvalue weighted by atomic mass is 14.7. The molecule has 0 saturated carbocycles. The summed E-state index contributed by atoms with van der Waals surface area (Å²) in [5.41, 5.74) is 2.50. The van der Waals surface area contributed by atoms with Crippen LogP contribution in [0.1, 0.15) is 5.56 Å². The van der Waals surface area contributed by atoms with Gasteiger partial charge in [-0.3, -0.25) is 4.98 Å². The van der Waals surface area contributed by atoms with E-state index in [-0.39, 0.29) is 0 Å². The van der Waals surface area contributed by atoms with Gasteiger partial charge in [-0.25, -0.2) is 0 Å². The van der Waals surface area contributed by atoms with Crippen molar-refractivity contribution in [3.05, 3.63) is 78.5 Å². The molecule has 4 aromatic carbocycles. The van der Waals surface area contributed by atoms with Crippen LogP contribution in [0.5, 0.6) is 0 Å². The second-order valence-electron chi connectivity index (χ2n) is 6.05. The molecule has 0 amide bonds. The van der Waals surface area contributed by atoms with Gasteiger partial charge in [0.15, 0.2) is 0 Å². The lowest BCUT2D eigenvalue weighted by atomic mass is 9.92. The van der Waals surface area contributed by atoms with Crippen molar-refractivity contribution < 1.29 is 0 Å². The maximum absolute atomic E-state index is 9.12. The van der Waals surface area contributed by atoms with Gasteiger partial charge in [0.2, 0.25) is 0 Å². The molecule has 1 heterocycles. The Kier molecular flexibility index (Phi) is 2.60. The maximum Gasteiger partial charge on any atom is 0.0992 e. The highest BCUT2D eigenvalue weighted by Crippen LogP contribution is 2.36. The van der Waals surface area contributed by atoms with Gasteiger partial charge < -0.3 is 0 Å². The van der Waals surface area contributed by atoms with Crippen molar-refractivity contribution in [2.45, 2.75) is 0 Å². The fourth-order valence-electron chi connectivity index (χ4n) is 3.56. The molecule has 1 aromatic heterocycles. The minimum absolute atomic E-state index is 0.630. The molecule has 0 atom stereocenters. The van der Waals surface area contributed by atoms with Crippen LogP contribution in [-0.4, -0.2) is 4.98 Å². The van der Waals surface area contributed by atoms with Crippen molar-refractivity contribution in [2.75, 3.05) is 0 Å². The summed E-state index contributed by atoms with van der Waals surface area (Å²) >= 11 is 0. The summed E-state index contributed by atoms with van der Waals surface area (Å²) in [5, 5.41) is 16.7. The minimum atomic E-state index is 0.630. The van der Waals surface area contributed by atoms with E-state index in [2.05, 4.69) is 65.7 Å². The zero-order valence-corrected chi connectivity index (χ0v) is 12.8.